The highest BCUT2D eigenvalue weighted by Crippen LogP contribution is 2.16. The summed E-state index contributed by atoms with van der Waals surface area (Å²) in [7, 11) is 5.53. The first kappa shape index (κ1) is 50.3. The molecule has 0 radical (unpaired) electrons. The summed E-state index contributed by atoms with van der Waals surface area (Å²) in [6.45, 7) is 4.74. The maximum atomic E-state index is 12.6. The summed E-state index contributed by atoms with van der Waals surface area (Å²) in [4.78, 5) is 36.8. The number of carboxylic acid groups (broad SMARTS) is 1. The number of hydrogen-bond acceptors (Lipinski definition) is 6. The number of likely N-dealkylation sites (N-methyl/N-ethyl adjacent to an activating group) is 1. The van der Waals surface area contributed by atoms with E-state index in [4.69, 9.17) is 14.2 Å². The highest BCUT2D eigenvalue weighted by Gasteiger charge is 2.31. The number of quaternary nitrogens is 1. The lowest BCUT2D eigenvalue weighted by Crippen LogP contribution is -2.50. The lowest BCUT2D eigenvalue weighted by molar-refractivity contribution is -0.887. The van der Waals surface area contributed by atoms with Gasteiger partial charge in [0.2, 0.25) is 0 Å². The van der Waals surface area contributed by atoms with Crippen LogP contribution in [0.15, 0.2) is 0 Å². The van der Waals surface area contributed by atoms with E-state index in [1.165, 1.54) is 141 Å². The first-order chi connectivity index (χ1) is 25.1. The van der Waals surface area contributed by atoms with E-state index in [-0.39, 0.29) is 36.2 Å². The Bertz CT molecular complexity index is 828. The second-order valence-corrected chi connectivity index (χ2v) is 16.3. The minimum Gasteiger partial charge on any atom is -0.477 e. The van der Waals surface area contributed by atoms with Crippen molar-refractivity contribution in [2.24, 2.45) is 0 Å². The first-order valence-corrected chi connectivity index (χ1v) is 22.1. The molecule has 2 unspecified atom stereocenters. The van der Waals surface area contributed by atoms with E-state index < -0.39 is 18.1 Å². The monoisotopic (exact) mass is 741 g/mol. The number of hydrogen-bond donors (Lipinski definition) is 1. The second kappa shape index (κ2) is 36.3. The van der Waals surface area contributed by atoms with Crippen molar-refractivity contribution in [3.63, 3.8) is 0 Å². The van der Waals surface area contributed by atoms with Crippen molar-refractivity contribution < 1.29 is 38.2 Å². The van der Waals surface area contributed by atoms with Crippen LogP contribution in [0.1, 0.15) is 213 Å². The molecule has 0 spiro atoms. The third kappa shape index (κ3) is 34.1. The van der Waals surface area contributed by atoms with Crippen LogP contribution in [0, 0.1) is 0 Å². The average Bonchev–Trinajstić information content (AvgIpc) is 3.09. The van der Waals surface area contributed by atoms with Crippen LogP contribution in [0.25, 0.3) is 0 Å². The van der Waals surface area contributed by atoms with Crippen molar-refractivity contribution in [1.82, 2.24) is 0 Å². The van der Waals surface area contributed by atoms with Crippen LogP contribution in [0.4, 0.5) is 0 Å². The van der Waals surface area contributed by atoms with E-state index in [9.17, 15) is 19.5 Å². The zero-order valence-electron chi connectivity index (χ0n) is 35.0. The van der Waals surface area contributed by atoms with Gasteiger partial charge >= 0.3 is 17.9 Å². The fourth-order valence-corrected chi connectivity index (χ4v) is 6.80. The molecule has 0 aliphatic rings. The highest BCUT2D eigenvalue weighted by molar-refractivity contribution is 5.72. The van der Waals surface area contributed by atoms with Crippen molar-refractivity contribution in [3.05, 3.63) is 0 Å². The molecule has 0 amide bonds. The van der Waals surface area contributed by atoms with Gasteiger partial charge in [-0.2, -0.15) is 0 Å². The Morgan fingerprint density at radius 2 is 0.846 bits per heavy atom. The van der Waals surface area contributed by atoms with E-state index in [2.05, 4.69) is 13.8 Å². The molecule has 1 N–H and O–H groups in total. The SMILES string of the molecule is CCCCCCCCCCCCCCCCCCCCCCC(=O)OCC(COCCC(C(=O)O)[N+](C)(C)C)OC(=O)CCCCCCCCCC. The Kier molecular flexibility index (Phi) is 35.1. The summed E-state index contributed by atoms with van der Waals surface area (Å²) in [5, 5.41) is 9.59. The maximum absolute atomic E-state index is 12.6. The van der Waals surface area contributed by atoms with Crippen molar-refractivity contribution in [2.45, 2.75) is 225 Å². The predicted molar refractivity (Wildman–Crippen MR) is 216 cm³/mol. The van der Waals surface area contributed by atoms with Crippen molar-refractivity contribution in [2.75, 3.05) is 41.0 Å². The van der Waals surface area contributed by atoms with E-state index >= 15 is 0 Å². The molecule has 0 aromatic heterocycles. The van der Waals surface area contributed by atoms with Gasteiger partial charge in [-0.3, -0.25) is 9.59 Å². The molecule has 8 heteroatoms. The van der Waals surface area contributed by atoms with Crippen molar-refractivity contribution in [1.29, 1.82) is 0 Å². The molecule has 0 heterocycles. The zero-order valence-corrected chi connectivity index (χ0v) is 35.0. The third-order valence-electron chi connectivity index (χ3n) is 10.3. The quantitative estimate of drug-likeness (QED) is 0.0379. The molecule has 8 nitrogen and oxygen atoms in total. The molecule has 0 fully saturated rings. The molecule has 0 aliphatic heterocycles. The number of carbonyl (C=O) groups excluding carboxylic acids is 2. The van der Waals surface area contributed by atoms with Crippen LogP contribution in [0.3, 0.4) is 0 Å². The van der Waals surface area contributed by atoms with Crippen LogP contribution in [0.2, 0.25) is 0 Å². The molecule has 2 atom stereocenters. The van der Waals surface area contributed by atoms with Gasteiger partial charge in [0.05, 0.1) is 34.4 Å². The summed E-state index contributed by atoms with van der Waals surface area (Å²) < 4.78 is 17.2. The Morgan fingerprint density at radius 3 is 1.19 bits per heavy atom. The lowest BCUT2D eigenvalue weighted by Gasteiger charge is -2.31. The molecule has 0 bridgehead atoms. The number of esters is 2. The second-order valence-electron chi connectivity index (χ2n) is 16.3. The first-order valence-electron chi connectivity index (χ1n) is 22.1. The summed E-state index contributed by atoms with van der Waals surface area (Å²) in [6.07, 6.45) is 35.9. The molecular weight excluding hydrogens is 654 g/mol. The molecule has 52 heavy (non-hydrogen) atoms. The lowest BCUT2D eigenvalue weighted by atomic mass is 10.0. The van der Waals surface area contributed by atoms with E-state index in [0.29, 0.717) is 19.3 Å². The number of nitrogens with zero attached hydrogens (tertiary/aromatic N) is 1. The van der Waals surface area contributed by atoms with E-state index in [0.717, 1.165) is 38.5 Å². The molecule has 0 rings (SSSR count). The van der Waals surface area contributed by atoms with Gasteiger partial charge in [-0.15, -0.1) is 0 Å². The van der Waals surface area contributed by atoms with Gasteiger partial charge in [0, 0.05) is 19.3 Å². The molecule has 308 valence electrons. The average molecular weight is 741 g/mol. The van der Waals surface area contributed by atoms with Gasteiger partial charge in [-0.05, 0) is 12.8 Å². The summed E-state index contributed by atoms with van der Waals surface area (Å²) in [5.74, 6) is -1.45. The number of ether oxygens (including phenoxy) is 3. The smallest absolute Gasteiger partial charge is 0.362 e. The molecule has 0 aromatic rings. The molecule has 0 aromatic carbocycles. The fourth-order valence-electron chi connectivity index (χ4n) is 6.80. The number of rotatable bonds is 40. The summed E-state index contributed by atoms with van der Waals surface area (Å²) in [6, 6.07) is -0.607. The Hall–Kier alpha value is -1.67. The van der Waals surface area contributed by atoms with Crippen LogP contribution in [0.5, 0.6) is 0 Å². The molecule has 0 aliphatic carbocycles. The Labute approximate surface area is 321 Å². The number of unbranched alkanes of at least 4 members (excludes halogenated alkanes) is 26. The summed E-state index contributed by atoms with van der Waals surface area (Å²) >= 11 is 0. The number of carboxylic acids is 1. The van der Waals surface area contributed by atoms with Crippen LogP contribution < -0.4 is 0 Å². The van der Waals surface area contributed by atoms with Gasteiger partial charge in [0.1, 0.15) is 6.61 Å². The molecule has 0 saturated heterocycles. The number of carbonyl (C=O) groups is 3. The zero-order chi connectivity index (χ0) is 38.5. The van der Waals surface area contributed by atoms with Gasteiger partial charge in [-0.1, -0.05) is 181 Å². The third-order valence-corrected chi connectivity index (χ3v) is 10.3. The summed E-state index contributed by atoms with van der Waals surface area (Å²) in [5.41, 5.74) is 0. The van der Waals surface area contributed by atoms with Gasteiger partial charge < -0.3 is 23.8 Å². The van der Waals surface area contributed by atoms with Gasteiger partial charge in [0.15, 0.2) is 12.1 Å². The largest absolute Gasteiger partial charge is 0.477 e. The Morgan fingerprint density at radius 1 is 0.500 bits per heavy atom. The van der Waals surface area contributed by atoms with Crippen LogP contribution >= 0.6 is 0 Å². The molecular formula is C44H86NO7+. The number of aliphatic carboxylic acids is 1. The van der Waals surface area contributed by atoms with Crippen LogP contribution in [-0.4, -0.2) is 80.6 Å². The normalized spacial score (nSPS) is 12.9. The minimum atomic E-state index is -0.872. The van der Waals surface area contributed by atoms with E-state index in [1.54, 1.807) is 0 Å². The van der Waals surface area contributed by atoms with Gasteiger partial charge in [-0.25, -0.2) is 4.79 Å². The van der Waals surface area contributed by atoms with Crippen molar-refractivity contribution in [3.8, 4) is 0 Å². The minimum absolute atomic E-state index is 0.0428. The Balaban J connectivity index is 4.13. The van der Waals surface area contributed by atoms with E-state index in [1.807, 2.05) is 21.1 Å². The fraction of sp³-hybridized carbons (Fsp3) is 0.932. The molecule has 0 saturated carbocycles. The highest BCUT2D eigenvalue weighted by atomic mass is 16.6. The maximum Gasteiger partial charge on any atom is 0.362 e. The standard InChI is InChI=1S/C44H85NO7/c1-6-8-10-12-14-16-17-18-19-20-21-22-23-24-25-26-27-29-30-32-34-42(46)51-39-40(38-50-37-36-41(44(48)49)45(3,4)5)52-43(47)35-33-31-28-15-13-11-9-7-2/h40-41H,6-39H2,1-5H3/p+1. The van der Waals surface area contributed by atoms with Gasteiger partial charge in [0.25, 0.3) is 0 Å². The van der Waals surface area contributed by atoms with Crippen LogP contribution in [-0.2, 0) is 28.6 Å². The topological polar surface area (TPSA) is 99.1 Å². The van der Waals surface area contributed by atoms with Crippen molar-refractivity contribution >= 4 is 17.9 Å². The predicted octanol–water partition coefficient (Wildman–Crippen LogP) is 11.8.